The number of ether oxygens (including phenoxy) is 1. The van der Waals surface area contributed by atoms with Gasteiger partial charge in [-0.15, -0.1) is 5.10 Å². The molecule has 3 rings (SSSR count). The van der Waals surface area contributed by atoms with Crippen molar-refractivity contribution in [1.82, 2.24) is 20.2 Å². The first-order chi connectivity index (χ1) is 11.1. The van der Waals surface area contributed by atoms with Gasteiger partial charge in [0.2, 0.25) is 0 Å². The summed E-state index contributed by atoms with van der Waals surface area (Å²) in [6.07, 6.45) is -3.04. The second kappa shape index (κ2) is 6.07. The van der Waals surface area contributed by atoms with Gasteiger partial charge in [0.05, 0.1) is 5.56 Å². The molecule has 3 aromatic rings. The van der Waals surface area contributed by atoms with Crippen molar-refractivity contribution >= 4 is 0 Å². The summed E-state index contributed by atoms with van der Waals surface area (Å²) in [6, 6.07) is 12.2. The monoisotopic (exact) mass is 320 g/mol. The fourth-order valence-electron chi connectivity index (χ4n) is 2.12. The SMILES string of the molecule is FC(F)(F)c1ccccc1COc1ccccc1-n1cnnn1. The Kier molecular flexibility index (Phi) is 3.96. The number of hydrogen-bond donors (Lipinski definition) is 0. The highest BCUT2D eigenvalue weighted by atomic mass is 19.4. The lowest BCUT2D eigenvalue weighted by atomic mass is 10.1. The molecule has 5 nitrogen and oxygen atoms in total. The highest BCUT2D eigenvalue weighted by Gasteiger charge is 2.33. The quantitative estimate of drug-likeness (QED) is 0.740. The average molecular weight is 320 g/mol. The average Bonchev–Trinajstić information content (AvgIpc) is 3.07. The Bertz CT molecular complexity index is 787. The molecule has 0 radical (unpaired) electrons. The van der Waals surface area contributed by atoms with Crippen molar-refractivity contribution in [3.05, 3.63) is 66.0 Å². The van der Waals surface area contributed by atoms with Gasteiger partial charge >= 0.3 is 6.18 Å². The van der Waals surface area contributed by atoms with Crippen LogP contribution in [0, 0.1) is 0 Å². The Labute approximate surface area is 129 Å². The third kappa shape index (κ3) is 3.31. The molecule has 23 heavy (non-hydrogen) atoms. The van der Waals surface area contributed by atoms with Crippen molar-refractivity contribution in [2.24, 2.45) is 0 Å². The van der Waals surface area contributed by atoms with E-state index in [1.165, 1.54) is 23.1 Å². The molecule has 118 valence electrons. The van der Waals surface area contributed by atoms with Crippen LogP contribution >= 0.6 is 0 Å². The first-order valence-electron chi connectivity index (χ1n) is 6.66. The van der Waals surface area contributed by atoms with E-state index in [1.807, 2.05) is 0 Å². The van der Waals surface area contributed by atoms with Crippen LogP contribution in [0.2, 0.25) is 0 Å². The molecule has 0 aliphatic carbocycles. The van der Waals surface area contributed by atoms with E-state index in [0.29, 0.717) is 11.4 Å². The summed E-state index contributed by atoms with van der Waals surface area (Å²) in [4.78, 5) is 0. The van der Waals surface area contributed by atoms with Crippen LogP contribution in [-0.2, 0) is 12.8 Å². The Morgan fingerprint density at radius 3 is 2.48 bits per heavy atom. The van der Waals surface area contributed by atoms with Crippen molar-refractivity contribution in [1.29, 1.82) is 0 Å². The van der Waals surface area contributed by atoms with Gasteiger partial charge in [0.1, 0.15) is 24.4 Å². The molecular weight excluding hydrogens is 309 g/mol. The third-order valence-electron chi connectivity index (χ3n) is 3.17. The molecule has 8 heteroatoms. The predicted molar refractivity (Wildman–Crippen MR) is 74.9 cm³/mol. The summed E-state index contributed by atoms with van der Waals surface area (Å²) in [5.41, 5.74) is -0.103. The van der Waals surface area contributed by atoms with Gasteiger partial charge in [-0.2, -0.15) is 17.9 Å². The van der Waals surface area contributed by atoms with Crippen molar-refractivity contribution in [3.8, 4) is 11.4 Å². The summed E-state index contributed by atoms with van der Waals surface area (Å²) in [7, 11) is 0. The van der Waals surface area contributed by atoms with E-state index in [4.69, 9.17) is 4.74 Å². The zero-order valence-corrected chi connectivity index (χ0v) is 11.7. The fourth-order valence-corrected chi connectivity index (χ4v) is 2.12. The highest BCUT2D eigenvalue weighted by molar-refractivity contribution is 5.45. The predicted octanol–water partition coefficient (Wildman–Crippen LogP) is 3.26. The van der Waals surface area contributed by atoms with Crippen LogP contribution in [0.1, 0.15) is 11.1 Å². The van der Waals surface area contributed by atoms with E-state index in [1.54, 1.807) is 30.3 Å². The fraction of sp³-hybridized carbons (Fsp3) is 0.133. The van der Waals surface area contributed by atoms with Gasteiger partial charge in [0, 0.05) is 5.56 Å². The second-order valence-corrected chi connectivity index (χ2v) is 4.67. The maximum Gasteiger partial charge on any atom is 0.416 e. The molecule has 0 N–H and O–H groups in total. The van der Waals surface area contributed by atoms with Crippen LogP contribution in [0.3, 0.4) is 0 Å². The van der Waals surface area contributed by atoms with Gasteiger partial charge in [0.25, 0.3) is 0 Å². The molecule has 0 amide bonds. The van der Waals surface area contributed by atoms with E-state index in [9.17, 15) is 13.2 Å². The maximum atomic E-state index is 13.0. The number of aromatic nitrogens is 4. The molecule has 2 aromatic carbocycles. The second-order valence-electron chi connectivity index (χ2n) is 4.67. The van der Waals surface area contributed by atoms with Crippen LogP contribution in [0.25, 0.3) is 5.69 Å². The summed E-state index contributed by atoms with van der Waals surface area (Å²) < 4.78 is 45.9. The van der Waals surface area contributed by atoms with E-state index in [2.05, 4.69) is 15.5 Å². The highest BCUT2D eigenvalue weighted by Crippen LogP contribution is 2.32. The minimum atomic E-state index is -4.42. The van der Waals surface area contributed by atoms with Gasteiger partial charge in [0.15, 0.2) is 0 Å². The van der Waals surface area contributed by atoms with Gasteiger partial charge in [-0.1, -0.05) is 30.3 Å². The molecule has 0 saturated heterocycles. The van der Waals surface area contributed by atoms with Gasteiger partial charge in [-0.25, -0.2) is 0 Å². The molecule has 0 atom stereocenters. The van der Waals surface area contributed by atoms with Gasteiger partial charge in [-0.05, 0) is 28.6 Å². The Balaban J connectivity index is 1.86. The van der Waals surface area contributed by atoms with Crippen LogP contribution in [0.4, 0.5) is 13.2 Å². The van der Waals surface area contributed by atoms with Crippen LogP contribution in [-0.4, -0.2) is 20.2 Å². The Hall–Kier alpha value is -2.90. The maximum absolute atomic E-state index is 13.0. The standard InChI is InChI=1S/C15H11F3N4O/c16-15(17,18)12-6-2-1-5-11(12)9-23-14-8-4-3-7-13(14)22-10-19-20-21-22/h1-8,10H,9H2. The van der Waals surface area contributed by atoms with E-state index < -0.39 is 11.7 Å². The van der Waals surface area contributed by atoms with Crippen LogP contribution < -0.4 is 4.74 Å². The number of rotatable bonds is 4. The summed E-state index contributed by atoms with van der Waals surface area (Å²) in [5, 5.41) is 10.8. The lowest BCUT2D eigenvalue weighted by Crippen LogP contribution is -2.11. The number of tetrazole rings is 1. The van der Waals surface area contributed by atoms with E-state index in [0.717, 1.165) is 6.07 Å². The van der Waals surface area contributed by atoms with E-state index >= 15 is 0 Å². The Morgan fingerprint density at radius 1 is 1.00 bits per heavy atom. The largest absolute Gasteiger partial charge is 0.487 e. The number of alkyl halides is 3. The molecule has 1 heterocycles. The summed E-state index contributed by atoms with van der Waals surface area (Å²) >= 11 is 0. The lowest BCUT2D eigenvalue weighted by Gasteiger charge is -2.14. The number of benzene rings is 2. The molecule has 0 aliphatic rings. The van der Waals surface area contributed by atoms with Crippen molar-refractivity contribution in [3.63, 3.8) is 0 Å². The molecule has 0 unspecified atom stereocenters. The normalized spacial score (nSPS) is 11.4. The molecule has 0 saturated carbocycles. The summed E-state index contributed by atoms with van der Waals surface area (Å²) in [6.45, 7) is -0.213. The smallest absolute Gasteiger partial charge is 0.416 e. The first-order valence-corrected chi connectivity index (χ1v) is 6.66. The minimum absolute atomic E-state index is 0.0616. The van der Waals surface area contributed by atoms with Crippen molar-refractivity contribution in [2.75, 3.05) is 0 Å². The van der Waals surface area contributed by atoms with Gasteiger partial charge < -0.3 is 4.74 Å². The van der Waals surface area contributed by atoms with Crippen molar-refractivity contribution in [2.45, 2.75) is 12.8 Å². The number of nitrogens with zero attached hydrogens (tertiary/aromatic N) is 4. The third-order valence-corrected chi connectivity index (χ3v) is 3.17. The number of hydrogen-bond acceptors (Lipinski definition) is 4. The molecule has 0 aliphatic heterocycles. The first kappa shape index (κ1) is 15.0. The van der Waals surface area contributed by atoms with Gasteiger partial charge in [-0.3, -0.25) is 0 Å². The van der Waals surface area contributed by atoms with E-state index in [-0.39, 0.29) is 12.2 Å². The number of para-hydroxylation sites is 2. The molecule has 0 fully saturated rings. The lowest BCUT2D eigenvalue weighted by molar-refractivity contribution is -0.138. The minimum Gasteiger partial charge on any atom is -0.487 e. The van der Waals surface area contributed by atoms with Crippen LogP contribution in [0.15, 0.2) is 54.9 Å². The number of halogens is 3. The Morgan fingerprint density at radius 2 is 1.74 bits per heavy atom. The summed E-state index contributed by atoms with van der Waals surface area (Å²) in [5.74, 6) is 0.386. The topological polar surface area (TPSA) is 52.8 Å². The van der Waals surface area contributed by atoms with Crippen molar-refractivity contribution < 1.29 is 17.9 Å². The molecule has 1 aromatic heterocycles. The zero-order valence-electron chi connectivity index (χ0n) is 11.7. The molecule has 0 bridgehead atoms. The van der Waals surface area contributed by atoms with Crippen LogP contribution in [0.5, 0.6) is 5.75 Å². The molecule has 0 spiro atoms. The zero-order chi connectivity index (χ0) is 16.3. The molecular formula is C15H11F3N4O.